The van der Waals surface area contributed by atoms with Gasteiger partial charge in [-0.25, -0.2) is 19.7 Å². The molecule has 16 nitrogen and oxygen atoms in total. The first-order valence-corrected chi connectivity index (χ1v) is 19.3. The summed E-state index contributed by atoms with van der Waals surface area (Å²) in [5.74, 6) is -0.493. The second-order valence-corrected chi connectivity index (χ2v) is 13.8. The number of nitrogens with one attached hydrogen (secondary N) is 2. The molecule has 0 aromatic carbocycles. The Hall–Kier alpha value is -6.10. The highest BCUT2D eigenvalue weighted by Gasteiger charge is 2.20. The van der Waals surface area contributed by atoms with Gasteiger partial charge in [-0.1, -0.05) is 23.2 Å². The molecule has 0 radical (unpaired) electrons. The van der Waals surface area contributed by atoms with E-state index in [-0.39, 0.29) is 39.9 Å². The van der Waals surface area contributed by atoms with E-state index in [9.17, 15) is 24.0 Å². The first-order chi connectivity index (χ1) is 27.9. The van der Waals surface area contributed by atoms with Crippen molar-refractivity contribution in [3.63, 3.8) is 0 Å². The zero-order valence-electron chi connectivity index (χ0n) is 31.7. The van der Waals surface area contributed by atoms with Crippen LogP contribution in [0.1, 0.15) is 69.6 Å². The highest BCUT2D eigenvalue weighted by atomic mass is 35.5. The number of hydrogen-bond acceptors (Lipinski definition) is 11. The van der Waals surface area contributed by atoms with Crippen LogP contribution < -0.4 is 27.9 Å². The molecule has 0 spiro atoms. The molecule has 0 bridgehead atoms. The van der Waals surface area contributed by atoms with E-state index in [0.29, 0.717) is 27.3 Å². The van der Waals surface area contributed by atoms with Crippen LogP contribution in [-0.2, 0) is 0 Å². The molecule has 3 aliphatic rings. The Bertz CT molecular complexity index is 2180. The SMILES string of the molecule is C1CCNC1.Nc1ccc[nH]c1=O.Nc1cccn(-c2ccc(C(=O)N3CCCC3)cn2)c1=O.O=C(O)c1ccc(Cl)nc1.O=C(c1ccc(Cl)nc1)N1CCCC1. The van der Waals surface area contributed by atoms with Gasteiger partial charge < -0.3 is 36.7 Å². The summed E-state index contributed by atoms with van der Waals surface area (Å²) < 4.78 is 1.36. The third-order valence-electron chi connectivity index (χ3n) is 8.76. The predicted octanol–water partition coefficient (Wildman–Crippen LogP) is 4.78. The number of nitrogens with zero attached hydrogens (tertiary/aromatic N) is 6. The fourth-order valence-electron chi connectivity index (χ4n) is 5.62. The highest BCUT2D eigenvalue weighted by molar-refractivity contribution is 6.29. The lowest BCUT2D eigenvalue weighted by Crippen LogP contribution is -2.28. The number of carboxylic acid groups (broad SMARTS) is 1. The number of nitrogens with two attached hydrogens (primary N) is 2. The van der Waals surface area contributed by atoms with Crippen LogP contribution in [0.3, 0.4) is 0 Å². The van der Waals surface area contributed by atoms with E-state index in [1.54, 1.807) is 60.9 Å². The minimum absolute atomic E-state index is 0.00790. The molecule has 5 aromatic rings. The number of carbonyl (C=O) groups is 3. The maximum Gasteiger partial charge on any atom is 0.337 e. The fraction of sp³-hybridized carbons (Fsp3) is 0.300. The minimum Gasteiger partial charge on any atom is -0.478 e. The van der Waals surface area contributed by atoms with Crippen LogP contribution in [0.2, 0.25) is 10.3 Å². The van der Waals surface area contributed by atoms with E-state index < -0.39 is 5.97 Å². The molecular weight excluding hydrogens is 787 g/mol. The Morgan fingerprint density at radius 1 is 0.638 bits per heavy atom. The molecule has 7 N–H and O–H groups in total. The minimum atomic E-state index is -0.996. The standard InChI is InChI=1S/C15H16N4O2.C10H11ClN2O.C6H4ClNO2.C5H6N2O.C4H9N/c16-12-4-3-9-19(15(12)21)13-6-5-11(10-17-13)14(20)18-7-1-2-8-18;11-9-4-3-8(7-12-9)10(14)13-5-1-2-6-13;7-5-2-1-4(3-8-5)6(9)10;6-4-2-1-3-7-5(4)8;1-2-4-5-3-1/h3-6,9-10H,1-2,7-8,16H2;3-4,7H,1-2,5-6H2;1-3H,(H,9,10);1-3H,6H2,(H,7,8);5H,1-4H2. The van der Waals surface area contributed by atoms with Crippen LogP contribution >= 0.6 is 23.2 Å². The molecule has 3 saturated heterocycles. The van der Waals surface area contributed by atoms with Gasteiger partial charge in [0.2, 0.25) is 0 Å². The molecule has 5 aromatic heterocycles. The topological polar surface area (TPSA) is 236 Å². The Labute approximate surface area is 344 Å². The Balaban J connectivity index is 0.000000174. The first kappa shape index (κ1) is 44.6. The number of likely N-dealkylation sites (tertiary alicyclic amines) is 2. The summed E-state index contributed by atoms with van der Waals surface area (Å²) >= 11 is 11.1. The predicted molar refractivity (Wildman–Crippen MR) is 224 cm³/mol. The van der Waals surface area contributed by atoms with Gasteiger partial charge in [-0.3, -0.25) is 23.7 Å². The average Bonchev–Trinajstić information content (AvgIpc) is 4.08. The number of amides is 2. The molecular formula is C40H46Cl2N10O6. The zero-order chi connectivity index (χ0) is 41.9. The Morgan fingerprint density at radius 3 is 1.53 bits per heavy atom. The lowest BCUT2D eigenvalue weighted by molar-refractivity contribution is 0.0695. The van der Waals surface area contributed by atoms with Gasteiger partial charge in [0.25, 0.3) is 22.9 Å². The summed E-state index contributed by atoms with van der Waals surface area (Å²) in [4.78, 5) is 74.4. The maximum atomic E-state index is 12.2. The average molecular weight is 834 g/mol. The van der Waals surface area contributed by atoms with Gasteiger partial charge in [0.05, 0.1) is 28.1 Å². The second kappa shape index (κ2) is 23.2. The van der Waals surface area contributed by atoms with Crippen molar-refractivity contribution in [1.82, 2.24) is 39.6 Å². The summed E-state index contributed by atoms with van der Waals surface area (Å²) in [5.41, 5.74) is 12.0. The molecule has 0 aliphatic carbocycles. The largest absolute Gasteiger partial charge is 0.478 e. The number of anilines is 2. The number of nitrogen functional groups attached to an aromatic ring is 2. The molecule has 3 aliphatic heterocycles. The van der Waals surface area contributed by atoms with Crippen LogP contribution in [0.5, 0.6) is 0 Å². The Morgan fingerprint density at radius 2 is 1.14 bits per heavy atom. The summed E-state index contributed by atoms with van der Waals surface area (Å²) in [5, 5.41) is 12.3. The molecule has 306 valence electrons. The lowest BCUT2D eigenvalue weighted by atomic mass is 10.2. The van der Waals surface area contributed by atoms with Crippen molar-refractivity contribution < 1.29 is 19.5 Å². The quantitative estimate of drug-likeness (QED) is 0.154. The van der Waals surface area contributed by atoms with E-state index in [2.05, 4.69) is 25.3 Å². The molecule has 3 fully saturated rings. The molecule has 0 unspecified atom stereocenters. The second-order valence-electron chi connectivity index (χ2n) is 13.0. The summed E-state index contributed by atoms with van der Waals surface area (Å²) in [7, 11) is 0. The number of aromatic amines is 1. The molecule has 18 heteroatoms. The zero-order valence-corrected chi connectivity index (χ0v) is 33.2. The smallest absolute Gasteiger partial charge is 0.337 e. The summed E-state index contributed by atoms with van der Waals surface area (Å²) in [6, 6.07) is 16.0. The van der Waals surface area contributed by atoms with E-state index in [0.717, 1.165) is 51.9 Å². The van der Waals surface area contributed by atoms with Crippen molar-refractivity contribution in [2.75, 3.05) is 50.7 Å². The van der Waals surface area contributed by atoms with Gasteiger partial charge in [-0.05, 0) is 112 Å². The number of carbonyl (C=O) groups excluding carboxylic acids is 2. The van der Waals surface area contributed by atoms with Crippen LogP contribution in [0, 0.1) is 0 Å². The monoisotopic (exact) mass is 832 g/mol. The number of halogens is 2. The fourth-order valence-corrected chi connectivity index (χ4v) is 5.84. The van der Waals surface area contributed by atoms with Crippen molar-refractivity contribution in [1.29, 1.82) is 0 Å². The lowest BCUT2D eigenvalue weighted by Gasteiger charge is -2.15. The van der Waals surface area contributed by atoms with Crippen molar-refractivity contribution in [2.45, 2.75) is 38.5 Å². The van der Waals surface area contributed by atoms with Crippen LogP contribution in [0.4, 0.5) is 11.4 Å². The molecule has 58 heavy (non-hydrogen) atoms. The van der Waals surface area contributed by atoms with E-state index in [1.165, 1.54) is 61.2 Å². The normalized spacial score (nSPS) is 14.0. The van der Waals surface area contributed by atoms with Gasteiger partial charge in [0.15, 0.2) is 0 Å². The van der Waals surface area contributed by atoms with Crippen LogP contribution in [0.15, 0.2) is 101 Å². The number of H-pyrrole nitrogens is 1. The van der Waals surface area contributed by atoms with Crippen molar-refractivity contribution in [2.24, 2.45) is 0 Å². The van der Waals surface area contributed by atoms with E-state index >= 15 is 0 Å². The van der Waals surface area contributed by atoms with Gasteiger partial charge in [-0.15, -0.1) is 0 Å². The number of aromatic nitrogens is 5. The van der Waals surface area contributed by atoms with E-state index in [4.69, 9.17) is 39.8 Å². The van der Waals surface area contributed by atoms with Crippen LogP contribution in [0.25, 0.3) is 5.82 Å². The number of pyridine rings is 5. The molecule has 8 heterocycles. The number of aromatic carboxylic acids is 1. The van der Waals surface area contributed by atoms with E-state index in [1.807, 2.05) is 9.80 Å². The first-order valence-electron chi connectivity index (χ1n) is 18.6. The van der Waals surface area contributed by atoms with Gasteiger partial charge >= 0.3 is 5.97 Å². The van der Waals surface area contributed by atoms with Crippen molar-refractivity contribution in [3.8, 4) is 5.82 Å². The summed E-state index contributed by atoms with van der Waals surface area (Å²) in [6.07, 6.45) is 14.5. The summed E-state index contributed by atoms with van der Waals surface area (Å²) in [6.45, 7) is 5.83. The Kier molecular flexibility index (Phi) is 17.9. The molecule has 8 rings (SSSR count). The van der Waals surface area contributed by atoms with Crippen LogP contribution in [-0.4, -0.2) is 96.5 Å². The third-order valence-corrected chi connectivity index (χ3v) is 9.21. The van der Waals surface area contributed by atoms with Crippen molar-refractivity contribution >= 4 is 52.4 Å². The van der Waals surface area contributed by atoms with Crippen molar-refractivity contribution in [3.05, 3.63) is 139 Å². The number of carboxylic acids is 1. The number of rotatable bonds is 4. The number of hydrogen-bond donors (Lipinski definition) is 5. The molecule has 0 saturated carbocycles. The highest BCUT2D eigenvalue weighted by Crippen LogP contribution is 2.15. The van der Waals surface area contributed by atoms with Gasteiger partial charge in [0.1, 0.15) is 16.1 Å². The third kappa shape index (κ3) is 14.1. The maximum absolute atomic E-state index is 12.2. The molecule has 2 amide bonds. The van der Waals surface area contributed by atoms with Gasteiger partial charge in [-0.2, -0.15) is 0 Å². The van der Waals surface area contributed by atoms with Gasteiger partial charge in [0, 0.05) is 57.2 Å². The molecule has 0 atom stereocenters.